The summed E-state index contributed by atoms with van der Waals surface area (Å²) in [4.78, 5) is 12.2. The number of carbonyl (C=O) groups is 1. The Bertz CT molecular complexity index is 738. The third-order valence-electron chi connectivity index (χ3n) is 3.98. The molecule has 0 aliphatic rings. The molecule has 0 heterocycles. The minimum Gasteiger partial charge on any atom is -0.489 e. The van der Waals surface area contributed by atoms with E-state index in [0.717, 1.165) is 34.4 Å². The molecule has 128 valence electrons. The molecule has 0 saturated heterocycles. The molecule has 2 aromatic rings. The number of esters is 1. The fraction of sp³-hybridized carbons (Fsp3) is 0.350. The first-order valence-electron chi connectivity index (χ1n) is 8.15. The first-order chi connectivity index (χ1) is 11.5. The summed E-state index contributed by atoms with van der Waals surface area (Å²) in [6.07, 6.45) is 0.819. The number of ether oxygens (including phenoxy) is 2. The lowest BCUT2D eigenvalue weighted by Crippen LogP contribution is -2.12. The maximum absolute atomic E-state index is 12.2. The second kappa shape index (κ2) is 8.20. The fourth-order valence-electron chi connectivity index (χ4n) is 2.65. The molecule has 0 amide bonds. The second-order valence-electron chi connectivity index (χ2n) is 5.67. The summed E-state index contributed by atoms with van der Waals surface area (Å²) in [7, 11) is 0. The highest BCUT2D eigenvalue weighted by Crippen LogP contribution is 2.28. The Kier molecular flexibility index (Phi) is 6.27. The predicted octanol–water partition coefficient (Wildman–Crippen LogP) is 5.27. The number of benzene rings is 2. The van der Waals surface area contributed by atoms with Crippen molar-refractivity contribution in [1.29, 1.82) is 0 Å². The lowest BCUT2D eigenvalue weighted by molar-refractivity contribution is 0.0523. The molecule has 0 saturated carbocycles. The first-order valence-corrected chi connectivity index (χ1v) is 8.53. The second-order valence-corrected chi connectivity index (χ2v) is 6.08. The van der Waals surface area contributed by atoms with Gasteiger partial charge in [0.05, 0.1) is 12.2 Å². The van der Waals surface area contributed by atoms with E-state index in [0.29, 0.717) is 23.8 Å². The third-order valence-corrected chi connectivity index (χ3v) is 4.38. The molecule has 0 aromatic heterocycles. The highest BCUT2D eigenvalue weighted by atomic mass is 35.5. The van der Waals surface area contributed by atoms with Crippen molar-refractivity contribution in [3.05, 3.63) is 63.2 Å². The van der Waals surface area contributed by atoms with Crippen molar-refractivity contribution in [2.45, 2.75) is 40.7 Å². The molecule has 2 rings (SSSR count). The van der Waals surface area contributed by atoms with Gasteiger partial charge >= 0.3 is 5.97 Å². The van der Waals surface area contributed by atoms with E-state index in [-0.39, 0.29) is 5.97 Å². The maximum Gasteiger partial charge on any atom is 0.338 e. The van der Waals surface area contributed by atoms with Gasteiger partial charge in [0.2, 0.25) is 0 Å². The van der Waals surface area contributed by atoms with Gasteiger partial charge in [-0.15, -0.1) is 0 Å². The molecule has 0 spiro atoms. The molecule has 24 heavy (non-hydrogen) atoms. The van der Waals surface area contributed by atoms with E-state index < -0.39 is 0 Å². The third kappa shape index (κ3) is 4.09. The van der Waals surface area contributed by atoms with E-state index >= 15 is 0 Å². The maximum atomic E-state index is 12.2. The SMILES string of the molecule is CCOC(=O)c1cccc(CC)c1COc1cc(Cl)c(C)cc1C. The Morgan fingerprint density at radius 1 is 1.12 bits per heavy atom. The molecule has 0 aliphatic carbocycles. The molecular weight excluding hydrogens is 324 g/mol. The van der Waals surface area contributed by atoms with E-state index in [2.05, 4.69) is 6.92 Å². The zero-order chi connectivity index (χ0) is 17.7. The molecule has 2 aromatic carbocycles. The highest BCUT2D eigenvalue weighted by Gasteiger charge is 2.16. The molecule has 0 N–H and O–H groups in total. The first kappa shape index (κ1) is 18.3. The summed E-state index contributed by atoms with van der Waals surface area (Å²) >= 11 is 6.19. The van der Waals surface area contributed by atoms with Crippen LogP contribution >= 0.6 is 11.6 Å². The molecule has 0 bridgehead atoms. The number of hydrogen-bond acceptors (Lipinski definition) is 3. The van der Waals surface area contributed by atoms with Crippen LogP contribution < -0.4 is 4.74 Å². The quantitative estimate of drug-likeness (QED) is 0.668. The van der Waals surface area contributed by atoms with E-state index in [9.17, 15) is 4.79 Å². The van der Waals surface area contributed by atoms with E-state index in [1.807, 2.05) is 38.1 Å². The molecule has 4 heteroatoms. The summed E-state index contributed by atoms with van der Waals surface area (Å²) in [5.41, 5.74) is 4.55. The lowest BCUT2D eigenvalue weighted by Gasteiger charge is -2.16. The van der Waals surface area contributed by atoms with Crippen LogP contribution in [0.5, 0.6) is 5.75 Å². The number of aryl methyl sites for hydroxylation is 3. The van der Waals surface area contributed by atoms with Gasteiger partial charge in [0.15, 0.2) is 0 Å². The smallest absolute Gasteiger partial charge is 0.338 e. The zero-order valence-corrected chi connectivity index (χ0v) is 15.4. The average Bonchev–Trinajstić information content (AvgIpc) is 2.56. The van der Waals surface area contributed by atoms with Crippen LogP contribution in [0.2, 0.25) is 5.02 Å². The van der Waals surface area contributed by atoms with Crippen LogP contribution in [0.4, 0.5) is 0 Å². The van der Waals surface area contributed by atoms with Crippen LogP contribution in [0.1, 0.15) is 46.5 Å². The molecule has 0 radical (unpaired) electrons. The van der Waals surface area contributed by atoms with E-state index in [1.165, 1.54) is 0 Å². The molecule has 3 nitrogen and oxygen atoms in total. The van der Waals surface area contributed by atoms with Gasteiger partial charge in [-0.1, -0.05) is 36.7 Å². The van der Waals surface area contributed by atoms with Gasteiger partial charge in [-0.3, -0.25) is 0 Å². The molecule has 0 aliphatic heterocycles. The van der Waals surface area contributed by atoms with E-state index in [4.69, 9.17) is 21.1 Å². The van der Waals surface area contributed by atoms with Crippen molar-refractivity contribution in [2.75, 3.05) is 6.61 Å². The Hall–Kier alpha value is -2.00. The van der Waals surface area contributed by atoms with Crippen molar-refractivity contribution < 1.29 is 14.3 Å². The van der Waals surface area contributed by atoms with Crippen LogP contribution in [0.15, 0.2) is 30.3 Å². The van der Waals surface area contributed by atoms with Gasteiger partial charge in [0.25, 0.3) is 0 Å². The minimum absolute atomic E-state index is 0.304. The highest BCUT2D eigenvalue weighted by molar-refractivity contribution is 6.31. The molecule has 0 atom stereocenters. The van der Waals surface area contributed by atoms with Crippen LogP contribution in [-0.2, 0) is 17.8 Å². The van der Waals surface area contributed by atoms with Gasteiger partial charge in [-0.05, 0) is 56.0 Å². The van der Waals surface area contributed by atoms with Crippen molar-refractivity contribution in [3.8, 4) is 5.75 Å². The monoisotopic (exact) mass is 346 g/mol. The van der Waals surface area contributed by atoms with E-state index in [1.54, 1.807) is 13.0 Å². The largest absolute Gasteiger partial charge is 0.489 e. The molecule has 0 unspecified atom stereocenters. The fourth-order valence-corrected chi connectivity index (χ4v) is 2.80. The van der Waals surface area contributed by atoms with Crippen molar-refractivity contribution in [3.63, 3.8) is 0 Å². The Morgan fingerprint density at radius 2 is 1.88 bits per heavy atom. The summed E-state index contributed by atoms with van der Waals surface area (Å²) in [5, 5.41) is 0.671. The summed E-state index contributed by atoms with van der Waals surface area (Å²) in [6, 6.07) is 9.49. The Morgan fingerprint density at radius 3 is 2.54 bits per heavy atom. The van der Waals surface area contributed by atoms with Gasteiger partial charge in [-0.25, -0.2) is 4.79 Å². The Labute approximate surface area is 148 Å². The van der Waals surface area contributed by atoms with Gasteiger partial charge < -0.3 is 9.47 Å². The predicted molar refractivity (Wildman–Crippen MR) is 97.0 cm³/mol. The zero-order valence-electron chi connectivity index (χ0n) is 14.6. The number of carbonyl (C=O) groups excluding carboxylic acids is 1. The summed E-state index contributed by atoms with van der Waals surface area (Å²) < 4.78 is 11.1. The van der Waals surface area contributed by atoms with Crippen LogP contribution in [0.3, 0.4) is 0 Å². The minimum atomic E-state index is -0.315. The van der Waals surface area contributed by atoms with Crippen LogP contribution in [0.25, 0.3) is 0 Å². The standard InChI is InChI=1S/C20H23ClO3/c1-5-15-8-7-9-16(20(22)23-6-2)17(15)12-24-19-11-18(21)13(3)10-14(19)4/h7-11H,5-6,12H2,1-4H3. The molecular formula is C20H23ClO3. The summed E-state index contributed by atoms with van der Waals surface area (Å²) in [5.74, 6) is 0.413. The van der Waals surface area contributed by atoms with Crippen molar-refractivity contribution in [1.82, 2.24) is 0 Å². The average molecular weight is 347 g/mol. The lowest BCUT2D eigenvalue weighted by atomic mass is 9.99. The van der Waals surface area contributed by atoms with Crippen molar-refractivity contribution >= 4 is 17.6 Å². The van der Waals surface area contributed by atoms with Gasteiger partial charge in [0.1, 0.15) is 12.4 Å². The topological polar surface area (TPSA) is 35.5 Å². The number of halogens is 1. The van der Waals surface area contributed by atoms with Gasteiger partial charge in [0, 0.05) is 10.6 Å². The van der Waals surface area contributed by atoms with Crippen molar-refractivity contribution in [2.24, 2.45) is 0 Å². The Balaban J connectivity index is 2.32. The van der Waals surface area contributed by atoms with Crippen LogP contribution in [0, 0.1) is 13.8 Å². The number of rotatable bonds is 6. The molecule has 0 fully saturated rings. The normalized spacial score (nSPS) is 10.5. The number of hydrogen-bond donors (Lipinski definition) is 0. The van der Waals surface area contributed by atoms with Gasteiger partial charge in [-0.2, -0.15) is 0 Å². The van der Waals surface area contributed by atoms with Crippen LogP contribution in [-0.4, -0.2) is 12.6 Å². The summed E-state index contributed by atoms with van der Waals surface area (Å²) in [6.45, 7) is 8.46.